The SMILES string of the molecule is CC(=O)O.CC(=O)OCCc1ccc(CN2CCOCC2)cn1. The summed E-state index contributed by atoms with van der Waals surface area (Å²) in [6.07, 6.45) is 2.57. The molecule has 7 heteroatoms. The minimum absolute atomic E-state index is 0.246. The number of nitrogens with zero attached hydrogens (tertiary/aromatic N) is 2. The molecule has 0 aromatic carbocycles. The number of aromatic nitrogens is 1. The van der Waals surface area contributed by atoms with Gasteiger partial charge in [0.25, 0.3) is 5.97 Å². The van der Waals surface area contributed by atoms with Crippen molar-refractivity contribution < 1.29 is 24.2 Å². The molecule has 0 bridgehead atoms. The molecule has 0 saturated carbocycles. The molecule has 2 heterocycles. The maximum Gasteiger partial charge on any atom is 0.302 e. The van der Waals surface area contributed by atoms with Gasteiger partial charge in [-0.1, -0.05) is 6.07 Å². The lowest BCUT2D eigenvalue weighted by atomic mass is 10.2. The maximum atomic E-state index is 10.7. The summed E-state index contributed by atoms with van der Waals surface area (Å²) in [5.74, 6) is -1.08. The molecule has 0 atom stereocenters. The van der Waals surface area contributed by atoms with Crippen LogP contribution in [0.1, 0.15) is 25.1 Å². The van der Waals surface area contributed by atoms with Crippen molar-refractivity contribution in [3.63, 3.8) is 0 Å². The fraction of sp³-hybridized carbons (Fsp3) is 0.562. The second kappa shape index (κ2) is 10.7. The highest BCUT2D eigenvalue weighted by Gasteiger charge is 2.10. The standard InChI is InChI=1S/C14H20N2O3.C2H4O2/c1-12(17)19-7-4-14-3-2-13(10-15-14)11-16-5-8-18-9-6-16;1-2(3)4/h2-3,10H,4-9,11H2,1H3;1H3,(H,3,4). The smallest absolute Gasteiger partial charge is 0.302 e. The van der Waals surface area contributed by atoms with Crippen LogP contribution < -0.4 is 0 Å². The van der Waals surface area contributed by atoms with Gasteiger partial charge >= 0.3 is 5.97 Å². The molecule has 1 fully saturated rings. The summed E-state index contributed by atoms with van der Waals surface area (Å²) in [4.78, 5) is 26.4. The van der Waals surface area contributed by atoms with E-state index >= 15 is 0 Å². The molecule has 1 aliphatic heterocycles. The van der Waals surface area contributed by atoms with E-state index in [1.54, 1.807) is 0 Å². The zero-order valence-electron chi connectivity index (χ0n) is 13.7. The van der Waals surface area contributed by atoms with Gasteiger partial charge in [-0.15, -0.1) is 0 Å². The predicted molar refractivity (Wildman–Crippen MR) is 84.0 cm³/mol. The summed E-state index contributed by atoms with van der Waals surface area (Å²) in [7, 11) is 0. The van der Waals surface area contributed by atoms with Crippen molar-refractivity contribution >= 4 is 11.9 Å². The van der Waals surface area contributed by atoms with Gasteiger partial charge in [0.15, 0.2) is 0 Å². The first-order valence-electron chi connectivity index (χ1n) is 7.54. The van der Waals surface area contributed by atoms with Gasteiger partial charge in [0.2, 0.25) is 0 Å². The summed E-state index contributed by atoms with van der Waals surface area (Å²) in [5, 5.41) is 7.42. The molecule has 7 nitrogen and oxygen atoms in total. The van der Waals surface area contributed by atoms with Gasteiger partial charge in [0.1, 0.15) is 0 Å². The lowest BCUT2D eigenvalue weighted by Gasteiger charge is -2.26. The Morgan fingerprint density at radius 2 is 1.96 bits per heavy atom. The van der Waals surface area contributed by atoms with Gasteiger partial charge in [-0.05, 0) is 11.6 Å². The van der Waals surface area contributed by atoms with Crippen molar-refractivity contribution in [2.75, 3.05) is 32.9 Å². The molecule has 128 valence electrons. The number of carboxylic acid groups (broad SMARTS) is 1. The van der Waals surface area contributed by atoms with Crippen LogP contribution in [0.3, 0.4) is 0 Å². The van der Waals surface area contributed by atoms with Crippen LogP contribution >= 0.6 is 0 Å². The van der Waals surface area contributed by atoms with Crippen LogP contribution in [0.15, 0.2) is 18.3 Å². The highest BCUT2D eigenvalue weighted by atomic mass is 16.5. The molecule has 0 aliphatic carbocycles. The van der Waals surface area contributed by atoms with Crippen molar-refractivity contribution in [2.45, 2.75) is 26.8 Å². The third kappa shape index (κ3) is 9.59. The predicted octanol–water partition coefficient (Wildman–Crippen LogP) is 1.11. The van der Waals surface area contributed by atoms with Crippen LogP contribution in [0.4, 0.5) is 0 Å². The Morgan fingerprint density at radius 1 is 1.30 bits per heavy atom. The van der Waals surface area contributed by atoms with Crippen LogP contribution in [0.25, 0.3) is 0 Å². The number of carbonyl (C=O) groups excluding carboxylic acids is 1. The molecular weight excluding hydrogens is 300 g/mol. The monoisotopic (exact) mass is 324 g/mol. The molecule has 0 amide bonds. The normalized spacial score (nSPS) is 14.5. The molecule has 23 heavy (non-hydrogen) atoms. The van der Waals surface area contributed by atoms with Crippen molar-refractivity contribution in [2.24, 2.45) is 0 Å². The Bertz CT molecular complexity index is 480. The Balaban J connectivity index is 0.000000593. The van der Waals surface area contributed by atoms with Gasteiger partial charge in [-0.2, -0.15) is 0 Å². The number of aliphatic carboxylic acids is 1. The molecule has 1 saturated heterocycles. The Morgan fingerprint density at radius 3 is 2.48 bits per heavy atom. The number of hydrogen-bond acceptors (Lipinski definition) is 6. The molecular formula is C16H24N2O5. The Hall–Kier alpha value is -1.99. The largest absolute Gasteiger partial charge is 0.481 e. The quantitative estimate of drug-likeness (QED) is 0.812. The average molecular weight is 324 g/mol. The second-order valence-electron chi connectivity index (χ2n) is 5.16. The third-order valence-corrected chi connectivity index (χ3v) is 3.06. The molecule has 0 radical (unpaired) electrons. The van der Waals surface area contributed by atoms with Crippen LogP contribution in [-0.2, 0) is 32.0 Å². The maximum absolute atomic E-state index is 10.7. The number of esters is 1. The summed E-state index contributed by atoms with van der Waals surface area (Å²) in [5.41, 5.74) is 2.16. The van der Waals surface area contributed by atoms with Crippen molar-refractivity contribution in [1.29, 1.82) is 0 Å². The number of morpholine rings is 1. The highest BCUT2D eigenvalue weighted by molar-refractivity contribution is 5.65. The Labute approximate surface area is 136 Å². The number of hydrogen-bond donors (Lipinski definition) is 1. The third-order valence-electron chi connectivity index (χ3n) is 3.06. The van der Waals surface area contributed by atoms with Gasteiger partial charge in [-0.3, -0.25) is 19.5 Å². The van der Waals surface area contributed by atoms with E-state index in [1.165, 1.54) is 12.5 Å². The van der Waals surface area contributed by atoms with Gasteiger partial charge in [0, 0.05) is 51.8 Å². The van der Waals surface area contributed by atoms with E-state index in [9.17, 15) is 4.79 Å². The summed E-state index contributed by atoms with van der Waals surface area (Å²) >= 11 is 0. The molecule has 0 spiro atoms. The van der Waals surface area contributed by atoms with E-state index in [2.05, 4.69) is 16.0 Å². The van der Waals surface area contributed by atoms with Gasteiger partial charge in [-0.25, -0.2) is 0 Å². The van der Waals surface area contributed by atoms with Crippen LogP contribution in [-0.4, -0.2) is 59.8 Å². The number of carbonyl (C=O) groups is 2. The van der Waals surface area contributed by atoms with Crippen molar-refractivity contribution in [1.82, 2.24) is 9.88 Å². The fourth-order valence-corrected chi connectivity index (χ4v) is 2.01. The molecule has 2 rings (SSSR count). The molecule has 1 aliphatic rings. The molecule has 1 N–H and O–H groups in total. The van der Waals surface area contributed by atoms with Crippen LogP contribution in [0, 0.1) is 0 Å². The minimum atomic E-state index is -0.833. The van der Waals surface area contributed by atoms with Crippen LogP contribution in [0.5, 0.6) is 0 Å². The van der Waals surface area contributed by atoms with E-state index in [0.717, 1.165) is 45.5 Å². The zero-order valence-corrected chi connectivity index (χ0v) is 13.7. The van der Waals surface area contributed by atoms with Crippen LogP contribution in [0.2, 0.25) is 0 Å². The van der Waals surface area contributed by atoms with Gasteiger partial charge < -0.3 is 14.6 Å². The number of carboxylic acids is 1. The molecule has 1 aromatic heterocycles. The highest BCUT2D eigenvalue weighted by Crippen LogP contribution is 2.07. The first kappa shape index (κ1) is 19.1. The van der Waals surface area contributed by atoms with Crippen molar-refractivity contribution in [3.05, 3.63) is 29.6 Å². The summed E-state index contributed by atoms with van der Waals surface area (Å²) < 4.78 is 10.2. The first-order chi connectivity index (χ1) is 11.0. The first-order valence-corrected chi connectivity index (χ1v) is 7.54. The summed E-state index contributed by atoms with van der Waals surface area (Å²) in [6, 6.07) is 4.09. The average Bonchev–Trinajstić information content (AvgIpc) is 2.49. The van der Waals surface area contributed by atoms with E-state index in [-0.39, 0.29) is 5.97 Å². The number of ether oxygens (including phenoxy) is 2. The lowest BCUT2D eigenvalue weighted by Crippen LogP contribution is -2.35. The summed E-state index contributed by atoms with van der Waals surface area (Å²) in [6.45, 7) is 7.40. The minimum Gasteiger partial charge on any atom is -0.481 e. The fourth-order valence-electron chi connectivity index (χ4n) is 2.01. The number of rotatable bonds is 5. The van der Waals surface area contributed by atoms with Crippen molar-refractivity contribution in [3.8, 4) is 0 Å². The molecule has 1 aromatic rings. The van der Waals surface area contributed by atoms with E-state index < -0.39 is 5.97 Å². The van der Waals surface area contributed by atoms with E-state index in [4.69, 9.17) is 19.4 Å². The van der Waals surface area contributed by atoms with Gasteiger partial charge in [0.05, 0.1) is 19.8 Å². The lowest BCUT2D eigenvalue weighted by molar-refractivity contribution is -0.141. The zero-order chi connectivity index (χ0) is 17.1. The topological polar surface area (TPSA) is 89.0 Å². The number of pyridine rings is 1. The molecule has 0 unspecified atom stereocenters. The Kier molecular flexibility index (Phi) is 8.86. The van der Waals surface area contributed by atoms with E-state index in [0.29, 0.717) is 13.0 Å². The van der Waals surface area contributed by atoms with E-state index in [1.807, 2.05) is 12.3 Å². The second-order valence-corrected chi connectivity index (χ2v) is 5.16.